The number of carbonyl (C=O) groups excluding carboxylic acids is 2. The monoisotopic (exact) mass is 339 g/mol. The molecule has 0 saturated carbocycles. The summed E-state index contributed by atoms with van der Waals surface area (Å²) in [6.45, 7) is 4.68. The first kappa shape index (κ1) is 16.8. The number of anilines is 2. The number of carbonyl (C=O) groups is 2. The highest BCUT2D eigenvalue weighted by molar-refractivity contribution is 5.91. The molecule has 2 aromatic rings. The van der Waals surface area contributed by atoms with Crippen LogP contribution in [0.25, 0.3) is 0 Å². The van der Waals surface area contributed by atoms with Crippen LogP contribution in [0.5, 0.6) is 0 Å². The maximum atomic E-state index is 12.0. The third kappa shape index (κ3) is 4.09. The van der Waals surface area contributed by atoms with Gasteiger partial charge in [-0.15, -0.1) is 0 Å². The molecule has 2 N–H and O–H groups in total. The molecule has 0 unspecified atom stereocenters. The van der Waals surface area contributed by atoms with Gasteiger partial charge in [-0.05, 0) is 49.2 Å². The number of ether oxygens (including phenoxy) is 1. The lowest BCUT2D eigenvalue weighted by Gasteiger charge is -2.13. The van der Waals surface area contributed by atoms with Crippen molar-refractivity contribution in [3.63, 3.8) is 0 Å². The number of urea groups is 1. The van der Waals surface area contributed by atoms with Gasteiger partial charge in [0.05, 0.1) is 13.1 Å². The fourth-order valence-electron chi connectivity index (χ4n) is 2.65. The third-order valence-corrected chi connectivity index (χ3v) is 4.20. The molecule has 0 radical (unpaired) electrons. The molecule has 0 aromatic heterocycles. The van der Waals surface area contributed by atoms with E-state index in [1.807, 2.05) is 62.4 Å². The van der Waals surface area contributed by atoms with Gasteiger partial charge in [-0.2, -0.15) is 0 Å². The summed E-state index contributed by atoms with van der Waals surface area (Å²) < 4.78 is 5.31. The number of benzene rings is 2. The van der Waals surface area contributed by atoms with E-state index in [9.17, 15) is 9.59 Å². The predicted octanol–water partition coefficient (Wildman–Crippen LogP) is 3.45. The zero-order chi connectivity index (χ0) is 17.8. The lowest BCUT2D eigenvalue weighted by atomic mass is 10.1. The number of nitrogens with zero attached hydrogens (tertiary/aromatic N) is 1. The van der Waals surface area contributed by atoms with Crippen molar-refractivity contribution in [1.29, 1.82) is 0 Å². The van der Waals surface area contributed by atoms with Crippen molar-refractivity contribution in [2.24, 2.45) is 0 Å². The van der Waals surface area contributed by atoms with Crippen molar-refractivity contribution in [2.75, 3.05) is 23.3 Å². The van der Waals surface area contributed by atoms with Crippen LogP contribution in [0, 0.1) is 13.8 Å². The first-order valence-corrected chi connectivity index (χ1v) is 8.18. The maximum Gasteiger partial charge on any atom is 0.414 e. The molecule has 1 heterocycles. The van der Waals surface area contributed by atoms with Gasteiger partial charge in [0.1, 0.15) is 6.10 Å². The highest BCUT2D eigenvalue weighted by Crippen LogP contribution is 2.20. The Morgan fingerprint density at radius 3 is 2.64 bits per heavy atom. The quantitative estimate of drug-likeness (QED) is 0.896. The van der Waals surface area contributed by atoms with Crippen molar-refractivity contribution < 1.29 is 14.3 Å². The number of para-hydroxylation sites is 1. The highest BCUT2D eigenvalue weighted by atomic mass is 16.6. The Balaban J connectivity index is 1.51. The molecule has 1 aliphatic heterocycles. The van der Waals surface area contributed by atoms with Gasteiger partial charge in [-0.3, -0.25) is 4.90 Å². The largest absolute Gasteiger partial charge is 0.442 e. The van der Waals surface area contributed by atoms with Gasteiger partial charge in [-0.25, -0.2) is 9.59 Å². The summed E-state index contributed by atoms with van der Waals surface area (Å²) in [5, 5.41) is 5.53. The zero-order valence-electron chi connectivity index (χ0n) is 14.3. The van der Waals surface area contributed by atoms with E-state index in [2.05, 4.69) is 10.6 Å². The molecule has 3 amide bonds. The summed E-state index contributed by atoms with van der Waals surface area (Å²) in [4.78, 5) is 25.6. The number of hydrogen-bond acceptors (Lipinski definition) is 3. The van der Waals surface area contributed by atoms with Gasteiger partial charge in [0.2, 0.25) is 0 Å². The second-order valence-electron chi connectivity index (χ2n) is 6.09. The molecular formula is C19H21N3O3. The second-order valence-corrected chi connectivity index (χ2v) is 6.09. The van der Waals surface area contributed by atoms with E-state index in [4.69, 9.17) is 4.74 Å². The molecule has 0 bridgehead atoms. The van der Waals surface area contributed by atoms with Crippen molar-refractivity contribution in [1.82, 2.24) is 5.32 Å². The molecule has 1 atom stereocenters. The van der Waals surface area contributed by atoms with Gasteiger partial charge < -0.3 is 15.4 Å². The summed E-state index contributed by atoms with van der Waals surface area (Å²) in [6, 6.07) is 14.7. The summed E-state index contributed by atoms with van der Waals surface area (Å²) in [7, 11) is 0. The van der Waals surface area contributed by atoms with Gasteiger partial charge in [0, 0.05) is 11.4 Å². The Kier molecular flexibility index (Phi) is 4.88. The molecule has 0 spiro atoms. The molecule has 1 saturated heterocycles. The Labute approximate surface area is 146 Å². The topological polar surface area (TPSA) is 70.7 Å². The Morgan fingerprint density at radius 1 is 1.16 bits per heavy atom. The standard InChI is InChI=1S/C19H21N3O3/c1-13-8-9-15(10-14(13)2)21-18(23)20-11-17-12-22(19(24)25-17)16-6-4-3-5-7-16/h3-10,17H,11-12H2,1-2H3,(H2,20,21,23)/t17-/m0/s1. The van der Waals surface area contributed by atoms with E-state index >= 15 is 0 Å². The highest BCUT2D eigenvalue weighted by Gasteiger charge is 2.32. The number of rotatable bonds is 4. The van der Waals surface area contributed by atoms with Gasteiger partial charge in [0.15, 0.2) is 0 Å². The summed E-state index contributed by atoms with van der Waals surface area (Å²) >= 11 is 0. The number of nitrogens with one attached hydrogen (secondary N) is 2. The molecule has 130 valence electrons. The van der Waals surface area contributed by atoms with E-state index in [0.717, 1.165) is 16.9 Å². The van der Waals surface area contributed by atoms with E-state index in [1.165, 1.54) is 5.56 Å². The molecular weight excluding hydrogens is 318 g/mol. The van der Waals surface area contributed by atoms with Crippen LogP contribution in [-0.2, 0) is 4.74 Å². The molecule has 6 nitrogen and oxygen atoms in total. The third-order valence-electron chi connectivity index (χ3n) is 4.20. The van der Waals surface area contributed by atoms with E-state index in [1.54, 1.807) is 4.90 Å². The molecule has 0 aliphatic carbocycles. The van der Waals surface area contributed by atoms with Crippen LogP contribution in [0.15, 0.2) is 48.5 Å². The maximum absolute atomic E-state index is 12.0. The molecule has 3 rings (SSSR count). The Bertz CT molecular complexity index is 777. The van der Waals surface area contributed by atoms with Crippen LogP contribution < -0.4 is 15.5 Å². The van der Waals surface area contributed by atoms with Crippen molar-refractivity contribution in [3.8, 4) is 0 Å². The van der Waals surface area contributed by atoms with Crippen LogP contribution in [0.2, 0.25) is 0 Å². The van der Waals surface area contributed by atoms with E-state index in [-0.39, 0.29) is 18.7 Å². The lowest BCUT2D eigenvalue weighted by Crippen LogP contribution is -2.37. The van der Waals surface area contributed by atoms with Crippen LogP contribution in [0.3, 0.4) is 0 Å². The SMILES string of the molecule is Cc1ccc(NC(=O)NC[C@H]2CN(c3ccccc3)C(=O)O2)cc1C. The number of aryl methyl sites for hydroxylation is 2. The average molecular weight is 339 g/mol. The second kappa shape index (κ2) is 7.25. The van der Waals surface area contributed by atoms with Gasteiger partial charge >= 0.3 is 12.1 Å². The van der Waals surface area contributed by atoms with Gasteiger partial charge in [-0.1, -0.05) is 24.3 Å². The summed E-state index contributed by atoms with van der Waals surface area (Å²) in [5.41, 5.74) is 3.80. The first-order chi connectivity index (χ1) is 12.0. The van der Waals surface area contributed by atoms with Crippen LogP contribution in [-0.4, -0.2) is 31.3 Å². The number of hydrogen-bond donors (Lipinski definition) is 2. The minimum Gasteiger partial charge on any atom is -0.442 e. The summed E-state index contributed by atoms with van der Waals surface area (Å²) in [5.74, 6) is 0. The fraction of sp³-hybridized carbons (Fsp3) is 0.263. The minimum atomic E-state index is -0.396. The molecule has 2 aromatic carbocycles. The molecule has 1 fully saturated rings. The zero-order valence-corrected chi connectivity index (χ0v) is 14.3. The first-order valence-electron chi connectivity index (χ1n) is 8.18. The van der Waals surface area contributed by atoms with Crippen LogP contribution in [0.1, 0.15) is 11.1 Å². The average Bonchev–Trinajstić information content (AvgIpc) is 2.98. The normalized spacial score (nSPS) is 16.5. The van der Waals surface area contributed by atoms with Crippen LogP contribution >= 0.6 is 0 Å². The van der Waals surface area contributed by atoms with Gasteiger partial charge in [0.25, 0.3) is 0 Å². The van der Waals surface area contributed by atoms with Crippen LogP contribution in [0.4, 0.5) is 21.0 Å². The van der Waals surface area contributed by atoms with Crippen molar-refractivity contribution in [3.05, 3.63) is 59.7 Å². The van der Waals surface area contributed by atoms with Crippen molar-refractivity contribution in [2.45, 2.75) is 20.0 Å². The molecule has 1 aliphatic rings. The van der Waals surface area contributed by atoms with Crippen molar-refractivity contribution >= 4 is 23.5 Å². The predicted molar refractivity (Wildman–Crippen MR) is 97.0 cm³/mol. The minimum absolute atomic E-state index is 0.256. The molecule has 6 heteroatoms. The Morgan fingerprint density at radius 2 is 1.92 bits per heavy atom. The van der Waals surface area contributed by atoms with E-state index in [0.29, 0.717) is 6.54 Å². The lowest BCUT2D eigenvalue weighted by molar-refractivity contribution is 0.141. The number of cyclic esters (lactones) is 1. The number of amides is 3. The fourth-order valence-corrected chi connectivity index (χ4v) is 2.65. The van der Waals surface area contributed by atoms with E-state index < -0.39 is 6.09 Å². The summed E-state index contributed by atoms with van der Waals surface area (Å²) in [6.07, 6.45) is -0.772. The Hall–Kier alpha value is -3.02. The smallest absolute Gasteiger partial charge is 0.414 e. The molecule has 25 heavy (non-hydrogen) atoms.